The molecule has 7 heteroatoms. The van der Waals surface area contributed by atoms with E-state index in [0.29, 0.717) is 26.1 Å². The summed E-state index contributed by atoms with van der Waals surface area (Å²) in [6, 6.07) is 15.9. The van der Waals surface area contributed by atoms with Crippen molar-refractivity contribution >= 4 is 5.91 Å². The molecule has 0 aliphatic heterocycles. The number of alkyl halides is 2. The van der Waals surface area contributed by atoms with Crippen LogP contribution in [0.25, 0.3) is 0 Å². The number of nitrogens with zero attached hydrogens (tertiary/aromatic N) is 1. The smallest absolute Gasteiger partial charge is 0.387 e. The van der Waals surface area contributed by atoms with E-state index in [1.165, 1.54) is 12.1 Å². The van der Waals surface area contributed by atoms with Gasteiger partial charge in [0.05, 0.1) is 6.54 Å². The Labute approximate surface area is 157 Å². The minimum absolute atomic E-state index is 0.0742. The molecule has 0 aliphatic carbocycles. The lowest BCUT2D eigenvalue weighted by molar-refractivity contribution is -0.121. The molecule has 0 aromatic heterocycles. The van der Waals surface area contributed by atoms with E-state index in [4.69, 9.17) is 4.74 Å². The zero-order valence-corrected chi connectivity index (χ0v) is 15.2. The highest BCUT2D eigenvalue weighted by Gasteiger charge is 2.07. The molecule has 0 atom stereocenters. The third-order valence-electron chi connectivity index (χ3n) is 3.78. The van der Waals surface area contributed by atoms with E-state index in [0.717, 1.165) is 11.3 Å². The number of ether oxygens (including phenoxy) is 2. The van der Waals surface area contributed by atoms with Crippen LogP contribution in [-0.4, -0.2) is 50.7 Å². The van der Waals surface area contributed by atoms with E-state index in [2.05, 4.69) is 10.1 Å². The maximum atomic E-state index is 12.1. The minimum atomic E-state index is -2.83. The van der Waals surface area contributed by atoms with Crippen molar-refractivity contribution in [1.29, 1.82) is 0 Å². The second-order valence-corrected chi connectivity index (χ2v) is 6.02. The standard InChI is InChI=1S/C20H24F2N2O3/c1-24(13-14-26-17-5-3-2-4-6-17)15-19(25)23-12-11-16-7-9-18(10-8-16)27-20(21)22/h2-10,20H,11-15H2,1H3,(H,23,25). The van der Waals surface area contributed by atoms with E-state index in [-0.39, 0.29) is 18.2 Å². The summed E-state index contributed by atoms with van der Waals surface area (Å²) >= 11 is 0. The van der Waals surface area contributed by atoms with Crippen molar-refractivity contribution in [1.82, 2.24) is 10.2 Å². The number of para-hydroxylation sites is 1. The van der Waals surface area contributed by atoms with Crippen molar-refractivity contribution < 1.29 is 23.0 Å². The average Bonchev–Trinajstić information content (AvgIpc) is 2.63. The van der Waals surface area contributed by atoms with E-state index >= 15 is 0 Å². The van der Waals surface area contributed by atoms with Crippen molar-refractivity contribution in [2.24, 2.45) is 0 Å². The average molecular weight is 378 g/mol. The Morgan fingerprint density at radius 3 is 2.44 bits per heavy atom. The molecule has 0 saturated heterocycles. The number of rotatable bonds is 11. The van der Waals surface area contributed by atoms with Crippen molar-refractivity contribution in [3.63, 3.8) is 0 Å². The number of halogens is 2. The van der Waals surface area contributed by atoms with E-state index in [1.54, 1.807) is 12.1 Å². The topological polar surface area (TPSA) is 50.8 Å². The first-order valence-corrected chi connectivity index (χ1v) is 8.70. The molecule has 2 aromatic rings. The quantitative estimate of drug-likeness (QED) is 0.653. The number of likely N-dealkylation sites (N-methyl/N-ethyl adjacent to an activating group) is 1. The van der Waals surface area contributed by atoms with Crippen LogP contribution in [-0.2, 0) is 11.2 Å². The lowest BCUT2D eigenvalue weighted by atomic mass is 10.1. The normalized spacial score (nSPS) is 10.9. The first-order valence-electron chi connectivity index (χ1n) is 8.70. The first-order chi connectivity index (χ1) is 13.0. The van der Waals surface area contributed by atoms with Crippen molar-refractivity contribution in [2.75, 3.05) is 33.3 Å². The summed E-state index contributed by atoms with van der Waals surface area (Å²) in [7, 11) is 1.86. The number of carbonyl (C=O) groups is 1. The van der Waals surface area contributed by atoms with Crippen LogP contribution >= 0.6 is 0 Å². The van der Waals surface area contributed by atoms with Crippen molar-refractivity contribution in [3.05, 3.63) is 60.2 Å². The molecule has 0 saturated carbocycles. The highest BCUT2D eigenvalue weighted by atomic mass is 19.3. The first kappa shape index (κ1) is 20.6. The van der Waals surface area contributed by atoms with Gasteiger partial charge in [-0.15, -0.1) is 0 Å². The van der Waals surface area contributed by atoms with Gasteiger partial charge in [0.2, 0.25) is 5.91 Å². The Bertz CT molecular complexity index is 681. The fraction of sp³-hybridized carbons (Fsp3) is 0.350. The Morgan fingerprint density at radius 1 is 1.07 bits per heavy atom. The molecule has 0 aliphatic rings. The molecule has 2 rings (SSSR count). The summed E-state index contributed by atoms with van der Waals surface area (Å²) < 4.78 is 34.1. The molecule has 146 valence electrons. The molecule has 5 nitrogen and oxygen atoms in total. The minimum Gasteiger partial charge on any atom is -0.492 e. The van der Waals surface area contributed by atoms with Crippen LogP contribution in [0.15, 0.2) is 54.6 Å². The molecule has 0 radical (unpaired) electrons. The van der Waals surface area contributed by atoms with E-state index < -0.39 is 6.61 Å². The number of benzene rings is 2. The summed E-state index contributed by atoms with van der Waals surface area (Å²) in [4.78, 5) is 13.8. The molecule has 27 heavy (non-hydrogen) atoms. The number of carbonyl (C=O) groups excluding carboxylic acids is 1. The van der Waals surface area contributed by atoms with Crippen LogP contribution < -0.4 is 14.8 Å². The molecule has 1 N–H and O–H groups in total. The van der Waals surface area contributed by atoms with Gasteiger partial charge >= 0.3 is 6.61 Å². The third kappa shape index (κ3) is 8.50. The summed E-state index contributed by atoms with van der Waals surface area (Å²) in [5.74, 6) is 0.854. The van der Waals surface area contributed by atoms with E-state index in [9.17, 15) is 13.6 Å². The van der Waals surface area contributed by atoms with Gasteiger partial charge in [-0.05, 0) is 43.3 Å². The third-order valence-corrected chi connectivity index (χ3v) is 3.78. The molecule has 0 spiro atoms. The second kappa shape index (κ2) is 11.1. The maximum Gasteiger partial charge on any atom is 0.387 e. The number of amides is 1. The molecule has 0 heterocycles. The molecule has 2 aromatic carbocycles. The van der Waals surface area contributed by atoms with Crippen LogP contribution in [0.5, 0.6) is 11.5 Å². The lowest BCUT2D eigenvalue weighted by Crippen LogP contribution is -2.37. The predicted molar refractivity (Wildman–Crippen MR) is 99.2 cm³/mol. The summed E-state index contributed by atoms with van der Waals surface area (Å²) in [5.41, 5.74) is 0.932. The zero-order valence-electron chi connectivity index (χ0n) is 15.2. The van der Waals surface area contributed by atoms with Gasteiger partial charge in [0.1, 0.15) is 18.1 Å². The number of nitrogens with one attached hydrogen (secondary N) is 1. The SMILES string of the molecule is CN(CCOc1ccccc1)CC(=O)NCCc1ccc(OC(F)F)cc1. The van der Waals surface area contributed by atoms with Gasteiger partial charge in [0.25, 0.3) is 0 Å². The van der Waals surface area contributed by atoms with Crippen molar-refractivity contribution in [3.8, 4) is 11.5 Å². The largest absolute Gasteiger partial charge is 0.492 e. The predicted octanol–water partition coefficient (Wildman–Crippen LogP) is 2.96. The van der Waals surface area contributed by atoms with Crippen LogP contribution in [0.2, 0.25) is 0 Å². The number of hydrogen-bond donors (Lipinski definition) is 1. The fourth-order valence-corrected chi connectivity index (χ4v) is 2.40. The van der Waals surface area contributed by atoms with Gasteiger partial charge in [0, 0.05) is 13.1 Å². The molecule has 0 fully saturated rings. The highest BCUT2D eigenvalue weighted by Crippen LogP contribution is 2.15. The van der Waals surface area contributed by atoms with Gasteiger partial charge in [-0.1, -0.05) is 30.3 Å². The molecular formula is C20H24F2N2O3. The molecule has 1 amide bonds. The van der Waals surface area contributed by atoms with E-state index in [1.807, 2.05) is 42.3 Å². The van der Waals surface area contributed by atoms with Crippen LogP contribution in [0.1, 0.15) is 5.56 Å². The van der Waals surface area contributed by atoms with Gasteiger partial charge < -0.3 is 14.8 Å². The molecule has 0 unspecified atom stereocenters. The Kier molecular flexibility index (Phi) is 8.51. The Hall–Kier alpha value is -2.67. The zero-order chi connectivity index (χ0) is 19.5. The highest BCUT2D eigenvalue weighted by molar-refractivity contribution is 5.77. The Balaban J connectivity index is 1.59. The monoisotopic (exact) mass is 378 g/mol. The van der Waals surface area contributed by atoms with Crippen molar-refractivity contribution in [2.45, 2.75) is 13.0 Å². The summed E-state index contributed by atoms with van der Waals surface area (Å²) in [6.07, 6.45) is 0.613. The van der Waals surface area contributed by atoms with Crippen LogP contribution in [0.4, 0.5) is 8.78 Å². The van der Waals surface area contributed by atoms with Crippen LogP contribution in [0.3, 0.4) is 0 Å². The summed E-state index contributed by atoms with van der Waals surface area (Å²) in [5, 5.41) is 2.84. The summed E-state index contributed by atoms with van der Waals surface area (Å²) in [6.45, 7) is -0.943. The maximum absolute atomic E-state index is 12.1. The van der Waals surface area contributed by atoms with Gasteiger partial charge in [0.15, 0.2) is 0 Å². The molecular weight excluding hydrogens is 354 g/mol. The Morgan fingerprint density at radius 2 is 1.78 bits per heavy atom. The van der Waals surface area contributed by atoms with Gasteiger partial charge in [-0.25, -0.2) is 0 Å². The van der Waals surface area contributed by atoms with Gasteiger partial charge in [-0.3, -0.25) is 9.69 Å². The molecule has 0 bridgehead atoms. The number of hydrogen-bond acceptors (Lipinski definition) is 4. The lowest BCUT2D eigenvalue weighted by Gasteiger charge is -2.16. The fourth-order valence-electron chi connectivity index (χ4n) is 2.40. The van der Waals surface area contributed by atoms with Gasteiger partial charge in [-0.2, -0.15) is 8.78 Å². The van der Waals surface area contributed by atoms with Crippen LogP contribution in [0, 0.1) is 0 Å². The second-order valence-electron chi connectivity index (χ2n) is 6.02.